The van der Waals surface area contributed by atoms with E-state index in [4.69, 9.17) is 23.9 Å². The SMILES string of the molecule is CCN(CC)C(=O)C1=C(C)N=c2s/c(=C/c3cc(I)c(OC)c(OC)c3)c(=O)n2[C@@H]1c1cc(OC)ccc1OC. The van der Waals surface area contributed by atoms with Gasteiger partial charge in [0.05, 0.1) is 47.8 Å². The molecule has 1 atom stereocenters. The number of fused-ring (bicyclic) bond motifs is 1. The third kappa shape index (κ3) is 5.36. The summed E-state index contributed by atoms with van der Waals surface area (Å²) in [5.41, 5.74) is 2.13. The fourth-order valence-electron chi connectivity index (χ4n) is 4.80. The number of allylic oxidation sites excluding steroid dienone is 1. The van der Waals surface area contributed by atoms with Gasteiger partial charge in [-0.05, 0) is 85.3 Å². The van der Waals surface area contributed by atoms with Gasteiger partial charge in [-0.2, -0.15) is 0 Å². The molecule has 1 aliphatic rings. The first kappa shape index (κ1) is 29.7. The number of benzene rings is 2. The van der Waals surface area contributed by atoms with Crippen molar-refractivity contribution in [3.05, 3.63) is 76.0 Å². The molecular formula is C29H32IN3O6S. The standard InChI is InChI=1S/C29H32IN3O6S/c1-8-32(9-2)28(35)24-16(3)31-29-33(25(24)19-15-18(36-4)10-11-21(19)37-5)27(34)23(40-29)14-17-12-20(30)26(39-7)22(13-17)38-6/h10-15,25H,8-9H2,1-7H3/b23-14+/t25-/m1/s1. The lowest BCUT2D eigenvalue weighted by Gasteiger charge is -2.30. The van der Waals surface area contributed by atoms with Gasteiger partial charge in [-0.15, -0.1) is 0 Å². The number of carbonyl (C=O) groups is 1. The number of amides is 1. The van der Waals surface area contributed by atoms with Gasteiger partial charge >= 0.3 is 0 Å². The quantitative estimate of drug-likeness (QED) is 0.321. The Balaban J connectivity index is 2.02. The maximum atomic E-state index is 14.1. The number of ether oxygens (including phenoxy) is 4. The van der Waals surface area contributed by atoms with E-state index >= 15 is 0 Å². The molecule has 0 N–H and O–H groups in total. The summed E-state index contributed by atoms with van der Waals surface area (Å²) in [7, 11) is 6.30. The molecule has 9 nitrogen and oxygen atoms in total. The Hall–Kier alpha value is -3.32. The van der Waals surface area contributed by atoms with Crippen molar-refractivity contribution in [1.29, 1.82) is 0 Å². The topological polar surface area (TPSA) is 91.6 Å². The van der Waals surface area contributed by atoms with Gasteiger partial charge in [-0.1, -0.05) is 11.3 Å². The van der Waals surface area contributed by atoms with Crippen molar-refractivity contribution in [1.82, 2.24) is 9.47 Å². The Morgan fingerprint density at radius 3 is 2.35 bits per heavy atom. The molecule has 0 unspecified atom stereocenters. The third-order valence-electron chi connectivity index (χ3n) is 6.79. The van der Waals surface area contributed by atoms with Gasteiger partial charge in [0.15, 0.2) is 16.3 Å². The van der Waals surface area contributed by atoms with Crippen molar-refractivity contribution >= 4 is 45.9 Å². The Morgan fingerprint density at radius 1 is 1.05 bits per heavy atom. The first-order chi connectivity index (χ1) is 19.2. The second-order valence-corrected chi connectivity index (χ2v) is 11.1. The molecule has 1 aliphatic heterocycles. The molecule has 4 rings (SSSR count). The number of methoxy groups -OCH3 is 4. The summed E-state index contributed by atoms with van der Waals surface area (Å²) in [5.74, 6) is 2.14. The summed E-state index contributed by atoms with van der Waals surface area (Å²) in [6.45, 7) is 6.72. The van der Waals surface area contributed by atoms with Crippen molar-refractivity contribution in [3.63, 3.8) is 0 Å². The van der Waals surface area contributed by atoms with Crippen molar-refractivity contribution in [2.45, 2.75) is 26.8 Å². The molecule has 40 heavy (non-hydrogen) atoms. The minimum Gasteiger partial charge on any atom is -0.497 e. The monoisotopic (exact) mass is 677 g/mol. The van der Waals surface area contributed by atoms with Crippen LogP contribution in [-0.2, 0) is 4.79 Å². The fraction of sp³-hybridized carbons (Fsp3) is 0.345. The highest BCUT2D eigenvalue weighted by atomic mass is 127. The van der Waals surface area contributed by atoms with Gasteiger partial charge in [-0.3, -0.25) is 14.2 Å². The average Bonchev–Trinajstić information content (AvgIpc) is 3.25. The molecule has 0 fully saturated rings. The molecule has 212 valence electrons. The predicted molar refractivity (Wildman–Crippen MR) is 164 cm³/mol. The molecule has 0 spiro atoms. The number of thiazole rings is 1. The summed E-state index contributed by atoms with van der Waals surface area (Å²) in [4.78, 5) is 35.0. The maximum Gasteiger partial charge on any atom is 0.271 e. The summed E-state index contributed by atoms with van der Waals surface area (Å²) < 4.78 is 25.1. The van der Waals surface area contributed by atoms with Crippen molar-refractivity contribution < 1.29 is 23.7 Å². The summed E-state index contributed by atoms with van der Waals surface area (Å²) >= 11 is 3.44. The van der Waals surface area contributed by atoms with Crippen LogP contribution in [0.15, 0.2) is 51.4 Å². The van der Waals surface area contributed by atoms with Gasteiger partial charge < -0.3 is 23.8 Å². The minimum absolute atomic E-state index is 0.176. The van der Waals surface area contributed by atoms with E-state index in [1.165, 1.54) is 11.3 Å². The van der Waals surface area contributed by atoms with E-state index in [-0.39, 0.29) is 11.5 Å². The van der Waals surface area contributed by atoms with E-state index in [2.05, 4.69) is 22.6 Å². The zero-order valence-corrected chi connectivity index (χ0v) is 26.5. The van der Waals surface area contributed by atoms with Crippen LogP contribution in [0.25, 0.3) is 6.08 Å². The number of carbonyl (C=O) groups excluding carboxylic acids is 1. The number of aromatic nitrogens is 1. The van der Waals surface area contributed by atoms with E-state index in [0.29, 0.717) is 62.3 Å². The second kappa shape index (κ2) is 12.5. The fourth-order valence-corrected chi connectivity index (χ4v) is 6.69. The molecule has 0 radical (unpaired) electrons. The molecule has 0 bridgehead atoms. The van der Waals surface area contributed by atoms with E-state index in [1.54, 1.807) is 56.1 Å². The van der Waals surface area contributed by atoms with E-state index < -0.39 is 6.04 Å². The zero-order valence-electron chi connectivity index (χ0n) is 23.5. The number of hydrogen-bond acceptors (Lipinski definition) is 8. The Bertz CT molecular complexity index is 1660. The Morgan fingerprint density at radius 2 is 1.75 bits per heavy atom. The van der Waals surface area contributed by atoms with Gasteiger partial charge in [0.25, 0.3) is 11.5 Å². The Kier molecular flexibility index (Phi) is 9.24. The molecule has 0 saturated heterocycles. The van der Waals surface area contributed by atoms with Crippen molar-refractivity contribution in [2.75, 3.05) is 41.5 Å². The molecule has 3 aromatic rings. The van der Waals surface area contributed by atoms with E-state index in [1.807, 2.05) is 39.0 Å². The smallest absolute Gasteiger partial charge is 0.271 e. The number of likely N-dealkylation sites (N-methyl/N-ethyl adjacent to an activating group) is 1. The van der Waals surface area contributed by atoms with Crippen molar-refractivity contribution in [2.24, 2.45) is 4.99 Å². The number of rotatable bonds is 9. The van der Waals surface area contributed by atoms with E-state index in [0.717, 1.165) is 9.13 Å². The van der Waals surface area contributed by atoms with Crippen molar-refractivity contribution in [3.8, 4) is 23.0 Å². The van der Waals surface area contributed by atoms with Crippen LogP contribution in [0, 0.1) is 3.57 Å². The molecule has 2 heterocycles. The van der Waals surface area contributed by atoms with Crippen LogP contribution in [0.5, 0.6) is 23.0 Å². The number of halogens is 1. The van der Waals surface area contributed by atoms with Crippen LogP contribution < -0.4 is 33.8 Å². The molecule has 1 amide bonds. The van der Waals surface area contributed by atoms with Crippen LogP contribution in [0.4, 0.5) is 0 Å². The minimum atomic E-state index is -0.762. The van der Waals surface area contributed by atoms with Gasteiger partial charge in [-0.25, -0.2) is 4.99 Å². The predicted octanol–water partition coefficient (Wildman–Crippen LogP) is 3.74. The first-order valence-electron chi connectivity index (χ1n) is 12.7. The van der Waals surface area contributed by atoms with Crippen LogP contribution in [0.2, 0.25) is 0 Å². The molecule has 1 aromatic heterocycles. The largest absolute Gasteiger partial charge is 0.497 e. The summed E-state index contributed by atoms with van der Waals surface area (Å²) in [5, 5.41) is 0. The third-order valence-corrected chi connectivity index (χ3v) is 8.57. The molecule has 0 aliphatic carbocycles. The van der Waals surface area contributed by atoms with Crippen LogP contribution in [-0.4, -0.2) is 56.9 Å². The van der Waals surface area contributed by atoms with Crippen LogP contribution in [0.1, 0.15) is 37.9 Å². The molecular weight excluding hydrogens is 645 g/mol. The second-order valence-electron chi connectivity index (χ2n) is 8.91. The maximum absolute atomic E-state index is 14.1. The lowest BCUT2D eigenvalue weighted by atomic mass is 9.93. The van der Waals surface area contributed by atoms with Gasteiger partial charge in [0.2, 0.25) is 0 Å². The summed E-state index contributed by atoms with van der Waals surface area (Å²) in [6.07, 6.45) is 1.80. The highest BCUT2D eigenvalue weighted by Crippen LogP contribution is 2.38. The highest BCUT2D eigenvalue weighted by Gasteiger charge is 2.36. The van der Waals surface area contributed by atoms with Crippen LogP contribution in [0.3, 0.4) is 0 Å². The Labute approximate surface area is 250 Å². The average molecular weight is 678 g/mol. The number of hydrogen-bond donors (Lipinski definition) is 0. The normalized spacial score (nSPS) is 14.9. The molecule has 2 aromatic carbocycles. The molecule has 11 heteroatoms. The zero-order chi connectivity index (χ0) is 29.1. The van der Waals surface area contributed by atoms with Crippen LogP contribution >= 0.6 is 33.9 Å². The van der Waals surface area contributed by atoms with Gasteiger partial charge in [0.1, 0.15) is 17.5 Å². The lowest BCUT2D eigenvalue weighted by Crippen LogP contribution is -2.43. The highest BCUT2D eigenvalue weighted by molar-refractivity contribution is 14.1. The molecule has 0 saturated carbocycles. The number of nitrogens with zero attached hydrogens (tertiary/aromatic N) is 3. The van der Waals surface area contributed by atoms with E-state index in [9.17, 15) is 9.59 Å². The first-order valence-corrected chi connectivity index (χ1v) is 14.6. The lowest BCUT2D eigenvalue weighted by molar-refractivity contribution is -0.127. The van der Waals surface area contributed by atoms with Gasteiger partial charge in [0, 0.05) is 18.7 Å². The summed E-state index contributed by atoms with van der Waals surface area (Å²) in [6, 6.07) is 8.36.